The molecule has 0 aliphatic rings. The van der Waals surface area contributed by atoms with E-state index in [2.05, 4.69) is 0 Å². The summed E-state index contributed by atoms with van der Waals surface area (Å²) < 4.78 is 18.6. The molecule has 0 saturated heterocycles. The fourth-order valence-electron chi connectivity index (χ4n) is 1.53. The first-order valence-corrected chi connectivity index (χ1v) is 5.85. The number of amides is 1. The van der Waals surface area contributed by atoms with Gasteiger partial charge in [0.25, 0.3) is 0 Å². The van der Waals surface area contributed by atoms with Crippen LogP contribution in [0.2, 0.25) is 0 Å². The molecule has 0 heterocycles. The highest BCUT2D eigenvalue weighted by atomic mass is 19.1. The molecular formula is C13H16FNO4. The third kappa shape index (κ3) is 4.24. The summed E-state index contributed by atoms with van der Waals surface area (Å²) >= 11 is 0. The molecule has 0 atom stereocenters. The number of likely N-dealkylation sites (N-methyl/N-ethyl adjacent to an activating group) is 1. The van der Waals surface area contributed by atoms with Crippen LogP contribution in [0.3, 0.4) is 0 Å². The minimum Gasteiger partial charge on any atom is -0.491 e. The van der Waals surface area contributed by atoms with Crippen LogP contribution < -0.4 is 4.74 Å². The largest absolute Gasteiger partial charge is 0.491 e. The summed E-state index contributed by atoms with van der Waals surface area (Å²) in [6.45, 7) is 2.35. The lowest BCUT2D eigenvalue weighted by Crippen LogP contribution is -2.34. The van der Waals surface area contributed by atoms with Crippen molar-refractivity contribution in [2.45, 2.75) is 13.3 Å². The maximum absolute atomic E-state index is 13.5. The second-order valence-electron chi connectivity index (χ2n) is 3.98. The quantitative estimate of drug-likeness (QED) is 0.818. The normalized spacial score (nSPS) is 10.1. The second-order valence-corrected chi connectivity index (χ2v) is 3.98. The van der Waals surface area contributed by atoms with E-state index in [9.17, 15) is 14.0 Å². The van der Waals surface area contributed by atoms with Crippen LogP contribution in [0, 0.1) is 5.82 Å². The summed E-state index contributed by atoms with van der Waals surface area (Å²) in [4.78, 5) is 22.6. The van der Waals surface area contributed by atoms with E-state index in [4.69, 9.17) is 9.84 Å². The van der Waals surface area contributed by atoms with Crippen LogP contribution in [-0.4, -0.2) is 42.1 Å². The van der Waals surface area contributed by atoms with Crippen molar-refractivity contribution < 1.29 is 23.8 Å². The van der Waals surface area contributed by atoms with Crippen molar-refractivity contribution in [1.82, 2.24) is 4.90 Å². The molecule has 0 aliphatic heterocycles. The van der Waals surface area contributed by atoms with Gasteiger partial charge in [-0.3, -0.25) is 4.79 Å². The molecule has 0 unspecified atom stereocenters. The van der Waals surface area contributed by atoms with Crippen LogP contribution in [0.25, 0.3) is 0 Å². The molecule has 0 bridgehead atoms. The smallest absolute Gasteiger partial charge is 0.394 e. The van der Waals surface area contributed by atoms with Crippen molar-refractivity contribution in [3.63, 3.8) is 0 Å². The highest BCUT2D eigenvalue weighted by molar-refractivity contribution is 6.31. The van der Waals surface area contributed by atoms with Gasteiger partial charge in [0.2, 0.25) is 0 Å². The van der Waals surface area contributed by atoms with Gasteiger partial charge in [-0.15, -0.1) is 0 Å². The Hall–Kier alpha value is -2.11. The van der Waals surface area contributed by atoms with Crippen LogP contribution >= 0.6 is 0 Å². The van der Waals surface area contributed by atoms with Gasteiger partial charge in [-0.1, -0.05) is 6.07 Å². The van der Waals surface area contributed by atoms with Gasteiger partial charge >= 0.3 is 11.9 Å². The van der Waals surface area contributed by atoms with Gasteiger partial charge in [-0.25, -0.2) is 9.18 Å². The van der Waals surface area contributed by atoms with E-state index in [-0.39, 0.29) is 12.3 Å². The minimum atomic E-state index is -1.50. The molecular weight excluding hydrogens is 253 g/mol. The van der Waals surface area contributed by atoms with E-state index in [0.717, 1.165) is 4.90 Å². The summed E-state index contributed by atoms with van der Waals surface area (Å²) in [7, 11) is 1.39. The molecule has 0 aliphatic carbocycles. The van der Waals surface area contributed by atoms with Crippen LogP contribution in [0.1, 0.15) is 12.5 Å². The fourth-order valence-corrected chi connectivity index (χ4v) is 1.53. The highest BCUT2D eigenvalue weighted by Crippen LogP contribution is 2.18. The number of aliphatic carboxylic acids is 1. The van der Waals surface area contributed by atoms with Gasteiger partial charge in [-0.05, 0) is 31.0 Å². The molecule has 0 fully saturated rings. The third-order valence-electron chi connectivity index (χ3n) is 2.56. The summed E-state index contributed by atoms with van der Waals surface area (Å²) in [6.07, 6.45) is 0.374. The Morgan fingerprint density at radius 3 is 2.63 bits per heavy atom. The van der Waals surface area contributed by atoms with Crippen molar-refractivity contribution >= 4 is 11.9 Å². The van der Waals surface area contributed by atoms with E-state index in [1.54, 1.807) is 13.0 Å². The van der Waals surface area contributed by atoms with Crippen LogP contribution in [0.5, 0.6) is 5.75 Å². The van der Waals surface area contributed by atoms with Gasteiger partial charge < -0.3 is 14.7 Å². The zero-order valence-electron chi connectivity index (χ0n) is 10.9. The number of hydrogen-bond acceptors (Lipinski definition) is 3. The third-order valence-corrected chi connectivity index (χ3v) is 2.56. The number of carbonyl (C=O) groups is 2. The number of ether oxygens (including phenoxy) is 1. The zero-order chi connectivity index (χ0) is 14.4. The molecule has 1 aromatic carbocycles. The first kappa shape index (κ1) is 14.9. The van der Waals surface area contributed by atoms with E-state index < -0.39 is 17.7 Å². The van der Waals surface area contributed by atoms with E-state index in [1.807, 2.05) is 0 Å². The van der Waals surface area contributed by atoms with Crippen molar-refractivity contribution in [3.8, 4) is 5.75 Å². The van der Waals surface area contributed by atoms with E-state index in [0.29, 0.717) is 18.6 Å². The number of carboxylic acid groups (broad SMARTS) is 1. The summed E-state index contributed by atoms with van der Waals surface area (Å²) in [5, 5.41) is 8.52. The molecule has 5 nitrogen and oxygen atoms in total. The Morgan fingerprint density at radius 2 is 2.11 bits per heavy atom. The van der Waals surface area contributed by atoms with E-state index in [1.165, 1.54) is 19.2 Å². The predicted octanol–water partition coefficient (Wildman–Crippen LogP) is 1.31. The van der Waals surface area contributed by atoms with E-state index >= 15 is 0 Å². The van der Waals surface area contributed by atoms with Gasteiger partial charge in [-0.2, -0.15) is 0 Å². The Bertz CT molecular complexity index is 476. The molecule has 104 valence electrons. The molecule has 1 rings (SSSR count). The standard InChI is InChI=1S/C13H16FNO4/c1-3-19-11-5-4-9(8-10(11)14)6-7-15(2)12(16)13(17)18/h4-5,8H,3,6-7H2,1-2H3,(H,17,18). The number of nitrogens with zero attached hydrogens (tertiary/aromatic N) is 1. The first-order chi connectivity index (χ1) is 8.95. The SMILES string of the molecule is CCOc1ccc(CCN(C)C(=O)C(=O)O)cc1F. The number of benzene rings is 1. The Kier molecular flexibility index (Phi) is 5.29. The van der Waals surface area contributed by atoms with Gasteiger partial charge in [0, 0.05) is 13.6 Å². The number of carbonyl (C=O) groups excluding carboxylic acids is 1. The highest BCUT2D eigenvalue weighted by Gasteiger charge is 2.16. The zero-order valence-corrected chi connectivity index (χ0v) is 10.9. The molecule has 1 aromatic rings. The lowest BCUT2D eigenvalue weighted by molar-refractivity contribution is -0.155. The predicted molar refractivity (Wildman–Crippen MR) is 66.5 cm³/mol. The van der Waals surface area contributed by atoms with Crippen LogP contribution in [0.4, 0.5) is 4.39 Å². The Labute approximate surface area is 110 Å². The van der Waals surface area contributed by atoms with Crippen molar-refractivity contribution in [2.24, 2.45) is 0 Å². The van der Waals surface area contributed by atoms with Gasteiger partial charge in [0.15, 0.2) is 11.6 Å². The van der Waals surface area contributed by atoms with Crippen molar-refractivity contribution in [2.75, 3.05) is 20.2 Å². The lowest BCUT2D eigenvalue weighted by Gasteiger charge is -2.14. The summed E-state index contributed by atoms with van der Waals surface area (Å²) in [5.41, 5.74) is 0.672. The van der Waals surface area contributed by atoms with Crippen LogP contribution in [0.15, 0.2) is 18.2 Å². The molecule has 0 saturated carbocycles. The average Bonchev–Trinajstić information content (AvgIpc) is 2.38. The van der Waals surface area contributed by atoms with Crippen LogP contribution in [-0.2, 0) is 16.0 Å². The summed E-state index contributed by atoms with van der Waals surface area (Å²) in [6, 6.07) is 4.53. The van der Waals surface area contributed by atoms with Crippen molar-refractivity contribution in [1.29, 1.82) is 0 Å². The summed E-state index contributed by atoms with van der Waals surface area (Å²) in [5.74, 6) is -2.76. The monoisotopic (exact) mass is 269 g/mol. The maximum Gasteiger partial charge on any atom is 0.394 e. The topological polar surface area (TPSA) is 66.8 Å². The molecule has 0 spiro atoms. The average molecular weight is 269 g/mol. The number of carboxylic acids is 1. The Morgan fingerprint density at radius 1 is 1.42 bits per heavy atom. The van der Waals surface area contributed by atoms with Crippen molar-refractivity contribution in [3.05, 3.63) is 29.6 Å². The van der Waals surface area contributed by atoms with Gasteiger partial charge in [0.05, 0.1) is 6.61 Å². The number of halogens is 1. The molecule has 1 amide bonds. The minimum absolute atomic E-state index is 0.182. The maximum atomic E-state index is 13.5. The first-order valence-electron chi connectivity index (χ1n) is 5.85. The molecule has 19 heavy (non-hydrogen) atoms. The molecule has 1 N–H and O–H groups in total. The van der Waals surface area contributed by atoms with Gasteiger partial charge in [0.1, 0.15) is 0 Å². The Balaban J connectivity index is 2.61. The molecule has 0 radical (unpaired) electrons. The second kappa shape index (κ2) is 6.72. The lowest BCUT2D eigenvalue weighted by atomic mass is 10.1. The number of rotatable bonds is 5. The number of hydrogen-bond donors (Lipinski definition) is 1. The molecule has 6 heteroatoms. The molecule has 0 aromatic heterocycles. The fraction of sp³-hybridized carbons (Fsp3) is 0.385.